The number of aryl methyl sites for hydroxylation is 1. The Kier molecular flexibility index (Phi) is 17.5. The number of fused-ring (bicyclic) bond motifs is 4. The number of nitrogens with one attached hydrogen (secondary N) is 1. The summed E-state index contributed by atoms with van der Waals surface area (Å²) >= 11 is 1.88. The monoisotopic (exact) mass is 1030 g/mol. The summed E-state index contributed by atoms with van der Waals surface area (Å²) < 4.78 is 3.82. The topological polar surface area (TPSA) is 17.0 Å². The maximum absolute atomic E-state index is 3.78. The van der Waals surface area contributed by atoms with Gasteiger partial charge in [-0.15, -0.1) is 11.3 Å². The van der Waals surface area contributed by atoms with Crippen LogP contribution in [-0.2, 0) is 0 Å². The highest BCUT2D eigenvalue weighted by Crippen LogP contribution is 2.43. The molecule has 2 aromatic heterocycles. The molecular weight excluding hydrogens is 961 g/mol. The molecule has 12 rings (SSSR count). The molecule has 1 N–H and O–H groups in total. The number of nitrogens with zero attached hydrogens (tertiary/aromatic N) is 1. The summed E-state index contributed by atoms with van der Waals surface area (Å²) in [5, 5.41) is 7.61. The van der Waals surface area contributed by atoms with Gasteiger partial charge in [0, 0.05) is 48.7 Å². The Hall–Kier alpha value is -8.24. The minimum atomic E-state index is 0.197. The van der Waals surface area contributed by atoms with Gasteiger partial charge in [-0.3, -0.25) is 0 Å². The summed E-state index contributed by atoms with van der Waals surface area (Å²) in [7, 11) is 0. The van der Waals surface area contributed by atoms with Gasteiger partial charge in [-0.2, -0.15) is 0 Å². The molecule has 0 amide bonds. The standard InChI is InChI=1S/C54H46N2S.C12H12.C9H14/c1-5-14-45-36(4)25-31-48-50-35-41(46-23-13-24-49-47(15-6-2)52(16-7-3)57-54(46)49)28-32-51(50)56(53(45)48)44-22-12-20-40(34-44)39-19-11-21-43(33-39)55-42-29-26-38(27-30-42)37-17-9-8-10-18-37;1-3-7-11(8-4-1)12-9-5-2-6-10-12;1-2-6-9-7-4-3-5-8-9/h5-32,34-35,43,55H,33H2,1-4H3;1-5,7-9H,6,10H2;3-4,7H,2,5-6,8H2,1H3/b14-5-,15-6-,16-7-;;. The number of hydrogen-bond acceptors (Lipinski definition) is 2. The van der Waals surface area contributed by atoms with Crippen LogP contribution in [0, 0.1) is 6.92 Å². The number of benzene rings is 7. The third-order valence-corrected chi connectivity index (χ3v) is 16.2. The molecule has 0 aliphatic heterocycles. The van der Waals surface area contributed by atoms with E-state index in [-0.39, 0.29) is 6.04 Å². The first-order valence-corrected chi connectivity index (χ1v) is 28.9. The predicted molar refractivity (Wildman–Crippen MR) is 346 cm³/mol. The zero-order valence-corrected chi connectivity index (χ0v) is 46.9. The van der Waals surface area contributed by atoms with Gasteiger partial charge in [-0.05, 0) is 164 Å². The minimum absolute atomic E-state index is 0.197. The van der Waals surface area contributed by atoms with E-state index < -0.39 is 0 Å². The highest BCUT2D eigenvalue weighted by Gasteiger charge is 2.20. The molecule has 1 unspecified atom stereocenters. The van der Waals surface area contributed by atoms with E-state index in [2.05, 4.69) is 293 Å². The van der Waals surface area contributed by atoms with Gasteiger partial charge in [0.25, 0.3) is 0 Å². The lowest BCUT2D eigenvalue weighted by molar-refractivity contribution is 0.821. The van der Waals surface area contributed by atoms with Gasteiger partial charge in [0.15, 0.2) is 0 Å². The van der Waals surface area contributed by atoms with Crippen molar-refractivity contribution in [1.29, 1.82) is 0 Å². The first kappa shape index (κ1) is 53.2. The Morgan fingerprint density at radius 1 is 0.564 bits per heavy atom. The second-order valence-corrected chi connectivity index (χ2v) is 21.5. The van der Waals surface area contributed by atoms with E-state index in [1.807, 2.05) is 11.3 Å². The van der Waals surface area contributed by atoms with Crippen LogP contribution in [0.5, 0.6) is 0 Å². The lowest BCUT2D eigenvalue weighted by atomic mass is 9.93. The average Bonchev–Trinajstić information content (AvgIpc) is 4.23. The van der Waals surface area contributed by atoms with Crippen LogP contribution in [0.15, 0.2) is 236 Å². The zero-order chi connectivity index (χ0) is 53.6. The average molecular weight is 1030 g/mol. The van der Waals surface area contributed by atoms with Crippen LogP contribution in [0.25, 0.3) is 89.2 Å². The van der Waals surface area contributed by atoms with Crippen LogP contribution < -0.4 is 5.32 Å². The molecule has 9 aromatic rings. The van der Waals surface area contributed by atoms with Crippen LogP contribution in [0.3, 0.4) is 0 Å². The number of rotatable bonds is 12. The molecular formula is C75H72N2S. The second kappa shape index (κ2) is 25.7. The van der Waals surface area contributed by atoms with E-state index >= 15 is 0 Å². The third-order valence-electron chi connectivity index (χ3n) is 15.0. The summed E-state index contributed by atoms with van der Waals surface area (Å²) in [5.74, 6) is 0. The Balaban J connectivity index is 0.000000271. The van der Waals surface area contributed by atoms with Gasteiger partial charge >= 0.3 is 0 Å². The van der Waals surface area contributed by atoms with Crippen molar-refractivity contribution in [2.24, 2.45) is 0 Å². The first-order chi connectivity index (χ1) is 38.4. The fourth-order valence-corrected chi connectivity index (χ4v) is 12.5. The van der Waals surface area contributed by atoms with E-state index in [0.717, 1.165) is 12.1 Å². The molecule has 0 spiro atoms. The van der Waals surface area contributed by atoms with E-state index in [1.165, 1.54) is 142 Å². The maximum atomic E-state index is 3.78. The Morgan fingerprint density at radius 2 is 1.24 bits per heavy atom. The molecule has 3 heteroatoms. The third kappa shape index (κ3) is 12.1. The highest BCUT2D eigenvalue weighted by atomic mass is 32.1. The molecule has 2 heterocycles. The smallest absolute Gasteiger partial charge is 0.0615 e. The maximum Gasteiger partial charge on any atom is 0.0615 e. The number of aromatic nitrogens is 1. The van der Waals surface area contributed by atoms with Crippen LogP contribution in [-0.4, -0.2) is 10.6 Å². The zero-order valence-electron chi connectivity index (χ0n) is 46.1. The second-order valence-electron chi connectivity index (χ2n) is 20.4. The van der Waals surface area contributed by atoms with E-state index in [4.69, 9.17) is 0 Å². The molecule has 3 aliphatic carbocycles. The SMILES string of the molecule is C/C=C\c1sc2c(-c3ccc4c(c3)c3ccc(C)c(/C=C\C)c3n4-c3cccc(C4=CC=CC(Nc5ccc(-c6ccccc6)cc5)C4)c3)cccc2c1/C=C\C.C1=CCCC(c2ccccc2)=C1.CCCC1=CC=CCC1. The molecule has 0 saturated heterocycles. The van der Waals surface area contributed by atoms with Gasteiger partial charge in [0.2, 0.25) is 0 Å². The fraction of sp³-hybridized carbons (Fsp3) is 0.173. The van der Waals surface area contributed by atoms with E-state index in [9.17, 15) is 0 Å². The van der Waals surface area contributed by atoms with Crippen molar-refractivity contribution in [3.8, 4) is 27.9 Å². The van der Waals surface area contributed by atoms with Crippen LogP contribution >= 0.6 is 11.3 Å². The summed E-state index contributed by atoms with van der Waals surface area (Å²) in [6, 6.07) is 57.7. The van der Waals surface area contributed by atoms with Crippen molar-refractivity contribution >= 4 is 78.3 Å². The summed E-state index contributed by atoms with van der Waals surface area (Å²) in [6.45, 7) is 10.8. The molecule has 7 aromatic carbocycles. The summed E-state index contributed by atoms with van der Waals surface area (Å²) in [4.78, 5) is 1.30. The largest absolute Gasteiger partial charge is 0.378 e. The van der Waals surface area contributed by atoms with Crippen molar-refractivity contribution in [1.82, 2.24) is 4.57 Å². The van der Waals surface area contributed by atoms with Gasteiger partial charge in [-0.1, -0.05) is 225 Å². The summed E-state index contributed by atoms with van der Waals surface area (Å²) in [6.07, 6.45) is 41.6. The lowest BCUT2D eigenvalue weighted by Gasteiger charge is -2.22. The molecule has 78 heavy (non-hydrogen) atoms. The van der Waals surface area contributed by atoms with Crippen LogP contribution in [0.1, 0.15) is 105 Å². The number of allylic oxidation sites excluding steroid dienone is 13. The minimum Gasteiger partial charge on any atom is -0.378 e. The van der Waals surface area contributed by atoms with Gasteiger partial charge in [0.1, 0.15) is 0 Å². The number of thiophene rings is 1. The highest BCUT2D eigenvalue weighted by molar-refractivity contribution is 7.20. The quantitative estimate of drug-likeness (QED) is 0.129. The van der Waals surface area contributed by atoms with Crippen molar-refractivity contribution in [2.75, 3.05) is 5.32 Å². The lowest BCUT2D eigenvalue weighted by Crippen LogP contribution is -2.18. The normalized spacial score (nSPS) is 15.1. The van der Waals surface area contributed by atoms with Crippen molar-refractivity contribution in [3.05, 3.63) is 269 Å². The van der Waals surface area contributed by atoms with Gasteiger partial charge in [-0.25, -0.2) is 0 Å². The molecule has 1 atom stereocenters. The molecule has 388 valence electrons. The molecule has 2 nitrogen and oxygen atoms in total. The van der Waals surface area contributed by atoms with Crippen molar-refractivity contribution in [3.63, 3.8) is 0 Å². The van der Waals surface area contributed by atoms with Crippen LogP contribution in [0.2, 0.25) is 0 Å². The van der Waals surface area contributed by atoms with E-state index in [0.29, 0.717) is 0 Å². The number of anilines is 1. The van der Waals surface area contributed by atoms with Gasteiger partial charge in [0.05, 0.1) is 11.0 Å². The predicted octanol–water partition coefficient (Wildman–Crippen LogP) is 22.0. The first-order valence-electron chi connectivity index (χ1n) is 28.1. The van der Waals surface area contributed by atoms with Crippen molar-refractivity contribution < 1.29 is 0 Å². The number of hydrogen-bond donors (Lipinski definition) is 1. The molecule has 0 bridgehead atoms. The van der Waals surface area contributed by atoms with E-state index in [1.54, 1.807) is 5.57 Å². The van der Waals surface area contributed by atoms with Crippen molar-refractivity contribution in [2.45, 2.75) is 85.6 Å². The summed E-state index contributed by atoms with van der Waals surface area (Å²) in [5.41, 5.74) is 20.6. The van der Waals surface area contributed by atoms with Gasteiger partial charge < -0.3 is 9.88 Å². The fourth-order valence-electron chi connectivity index (χ4n) is 11.2. The Bertz CT molecular complexity index is 3820. The van der Waals surface area contributed by atoms with Crippen LogP contribution in [0.4, 0.5) is 5.69 Å². The molecule has 0 saturated carbocycles. The molecule has 0 radical (unpaired) electrons. The Labute approximate surface area is 467 Å². The molecule has 3 aliphatic rings. The molecule has 0 fully saturated rings. The Morgan fingerprint density at radius 3 is 1.96 bits per heavy atom.